The Labute approximate surface area is 131 Å². The van der Waals surface area contributed by atoms with E-state index >= 15 is 0 Å². The minimum absolute atomic E-state index is 0.219. The number of pyridine rings is 1. The Morgan fingerprint density at radius 2 is 2.09 bits per heavy atom. The van der Waals surface area contributed by atoms with Gasteiger partial charge in [0.15, 0.2) is 0 Å². The molecule has 0 saturated heterocycles. The molecule has 1 aromatic heterocycles. The monoisotopic (exact) mass is 296 g/mol. The number of hydrogen-bond acceptors (Lipinski definition) is 4. The van der Waals surface area contributed by atoms with Crippen LogP contribution >= 0.6 is 0 Å². The molecular formula is C18H22N3O. The molecule has 1 radical (unpaired) electrons. The number of para-hydroxylation sites is 1. The molecule has 0 aliphatic heterocycles. The van der Waals surface area contributed by atoms with Gasteiger partial charge in [0.2, 0.25) is 0 Å². The van der Waals surface area contributed by atoms with Crippen molar-refractivity contribution in [3.63, 3.8) is 0 Å². The molecule has 0 spiro atoms. The van der Waals surface area contributed by atoms with Crippen LogP contribution in [0.1, 0.15) is 25.7 Å². The standard InChI is InChI=1S/C18H22N3O/c1-22-18-9-5-2-6-14(18)17-12-13(10-11-20-17)21-16-8-4-3-7-15(16)19/h2,5-6,9-10,12,15-16H,3-4,7-8,19H2,1H3,(H,20,21)/t15-,16+/m0/s1. The average Bonchev–Trinajstić information content (AvgIpc) is 2.57. The second-order valence-corrected chi connectivity index (χ2v) is 5.77. The van der Waals surface area contributed by atoms with Crippen molar-refractivity contribution in [2.24, 2.45) is 5.73 Å². The van der Waals surface area contributed by atoms with Gasteiger partial charge in [-0.15, -0.1) is 0 Å². The summed E-state index contributed by atoms with van der Waals surface area (Å²) in [5.41, 5.74) is 9.05. The van der Waals surface area contributed by atoms with Gasteiger partial charge in [-0.2, -0.15) is 0 Å². The van der Waals surface area contributed by atoms with Gasteiger partial charge in [-0.1, -0.05) is 25.0 Å². The van der Waals surface area contributed by atoms with Crippen molar-refractivity contribution in [3.05, 3.63) is 42.6 Å². The highest BCUT2D eigenvalue weighted by Crippen LogP contribution is 2.30. The zero-order chi connectivity index (χ0) is 15.4. The average molecular weight is 296 g/mol. The van der Waals surface area contributed by atoms with E-state index in [9.17, 15) is 0 Å². The van der Waals surface area contributed by atoms with Crippen molar-refractivity contribution < 1.29 is 4.74 Å². The molecule has 1 fully saturated rings. The molecule has 0 unspecified atom stereocenters. The lowest BCUT2D eigenvalue weighted by Gasteiger charge is -2.30. The zero-order valence-corrected chi connectivity index (χ0v) is 12.9. The van der Waals surface area contributed by atoms with Crippen LogP contribution in [0, 0.1) is 6.20 Å². The van der Waals surface area contributed by atoms with Crippen LogP contribution in [0.25, 0.3) is 11.3 Å². The zero-order valence-electron chi connectivity index (χ0n) is 12.9. The van der Waals surface area contributed by atoms with E-state index in [0.717, 1.165) is 35.5 Å². The fourth-order valence-corrected chi connectivity index (χ4v) is 3.02. The van der Waals surface area contributed by atoms with Gasteiger partial charge in [0.1, 0.15) is 5.75 Å². The lowest BCUT2D eigenvalue weighted by molar-refractivity contribution is 0.404. The summed E-state index contributed by atoms with van der Waals surface area (Å²) in [5, 5.41) is 3.54. The Morgan fingerprint density at radius 3 is 2.91 bits per heavy atom. The smallest absolute Gasteiger partial charge is 0.128 e. The third-order valence-electron chi connectivity index (χ3n) is 4.25. The third-order valence-corrected chi connectivity index (χ3v) is 4.25. The third kappa shape index (κ3) is 3.22. The highest BCUT2D eigenvalue weighted by molar-refractivity contribution is 5.70. The molecule has 22 heavy (non-hydrogen) atoms. The van der Waals surface area contributed by atoms with Crippen molar-refractivity contribution in [2.45, 2.75) is 37.8 Å². The molecular weight excluding hydrogens is 274 g/mol. The fourth-order valence-electron chi connectivity index (χ4n) is 3.02. The summed E-state index contributed by atoms with van der Waals surface area (Å²) in [6.45, 7) is 0. The van der Waals surface area contributed by atoms with E-state index in [1.165, 1.54) is 12.8 Å². The fraction of sp³-hybridized carbons (Fsp3) is 0.389. The Hall–Kier alpha value is -2.07. The summed E-state index contributed by atoms with van der Waals surface area (Å²) in [7, 11) is 1.67. The summed E-state index contributed by atoms with van der Waals surface area (Å²) in [6.07, 6.45) is 7.65. The largest absolute Gasteiger partial charge is 0.496 e. The quantitative estimate of drug-likeness (QED) is 0.909. The van der Waals surface area contributed by atoms with Gasteiger partial charge in [0, 0.05) is 23.3 Å². The van der Waals surface area contributed by atoms with Gasteiger partial charge < -0.3 is 15.8 Å². The molecule has 1 saturated carbocycles. The van der Waals surface area contributed by atoms with Gasteiger partial charge in [-0.3, -0.25) is 0 Å². The normalized spacial score (nSPS) is 21.4. The number of nitrogens with zero attached hydrogens (tertiary/aromatic N) is 1. The first-order valence-electron chi connectivity index (χ1n) is 7.81. The number of rotatable bonds is 4. The van der Waals surface area contributed by atoms with Crippen molar-refractivity contribution in [2.75, 3.05) is 12.4 Å². The van der Waals surface area contributed by atoms with Crippen molar-refractivity contribution in [1.29, 1.82) is 0 Å². The van der Waals surface area contributed by atoms with Crippen molar-refractivity contribution in [1.82, 2.24) is 4.98 Å². The first-order valence-corrected chi connectivity index (χ1v) is 7.81. The molecule has 1 aromatic carbocycles. The molecule has 1 aliphatic carbocycles. The van der Waals surface area contributed by atoms with Crippen LogP contribution < -0.4 is 15.8 Å². The van der Waals surface area contributed by atoms with E-state index in [-0.39, 0.29) is 6.04 Å². The first kappa shape index (κ1) is 14.9. The number of nitrogens with one attached hydrogen (secondary N) is 1. The maximum Gasteiger partial charge on any atom is 0.128 e. The maximum absolute atomic E-state index is 6.21. The van der Waals surface area contributed by atoms with Crippen LogP contribution in [-0.2, 0) is 0 Å². The van der Waals surface area contributed by atoms with E-state index in [2.05, 4.69) is 16.5 Å². The first-order chi connectivity index (χ1) is 10.8. The van der Waals surface area contributed by atoms with E-state index < -0.39 is 0 Å². The van der Waals surface area contributed by atoms with Crippen LogP contribution in [0.15, 0.2) is 36.4 Å². The van der Waals surface area contributed by atoms with Crippen LogP contribution in [0.5, 0.6) is 5.75 Å². The summed E-state index contributed by atoms with van der Waals surface area (Å²) in [6, 6.07) is 12.3. The minimum Gasteiger partial charge on any atom is -0.496 e. The maximum atomic E-state index is 6.21. The van der Waals surface area contributed by atoms with Crippen LogP contribution in [-0.4, -0.2) is 24.2 Å². The summed E-state index contributed by atoms with van der Waals surface area (Å²) in [5.74, 6) is 0.815. The highest BCUT2D eigenvalue weighted by Gasteiger charge is 2.21. The Bertz CT molecular complexity index is 629. The van der Waals surface area contributed by atoms with Gasteiger partial charge in [-0.25, -0.2) is 4.98 Å². The van der Waals surface area contributed by atoms with E-state index in [0.29, 0.717) is 6.04 Å². The molecule has 3 rings (SSSR count). The summed E-state index contributed by atoms with van der Waals surface area (Å²) in [4.78, 5) is 4.35. The van der Waals surface area contributed by atoms with Crippen molar-refractivity contribution in [3.8, 4) is 17.0 Å². The van der Waals surface area contributed by atoms with Crippen LogP contribution in [0.3, 0.4) is 0 Å². The van der Waals surface area contributed by atoms with Crippen LogP contribution in [0.2, 0.25) is 0 Å². The second-order valence-electron chi connectivity index (χ2n) is 5.77. The molecule has 115 valence electrons. The minimum atomic E-state index is 0.219. The van der Waals surface area contributed by atoms with E-state index in [4.69, 9.17) is 10.5 Å². The van der Waals surface area contributed by atoms with E-state index in [1.54, 1.807) is 7.11 Å². The highest BCUT2D eigenvalue weighted by atomic mass is 16.5. The molecule has 4 heteroatoms. The number of hydrogen-bond donors (Lipinski definition) is 2. The number of nitrogens with two attached hydrogens (primary N) is 1. The topological polar surface area (TPSA) is 60.2 Å². The Morgan fingerprint density at radius 1 is 1.27 bits per heavy atom. The van der Waals surface area contributed by atoms with Crippen molar-refractivity contribution >= 4 is 5.69 Å². The number of methoxy groups -OCH3 is 1. The molecule has 1 heterocycles. The molecule has 2 atom stereocenters. The summed E-state index contributed by atoms with van der Waals surface area (Å²) >= 11 is 0. The number of benzene rings is 1. The van der Waals surface area contributed by atoms with Gasteiger partial charge in [-0.05, 0) is 37.1 Å². The lowest BCUT2D eigenvalue weighted by atomic mass is 9.91. The molecule has 0 bridgehead atoms. The second kappa shape index (κ2) is 6.79. The predicted octanol–water partition coefficient (Wildman–Crippen LogP) is 3.24. The molecule has 2 aromatic rings. The predicted molar refractivity (Wildman–Crippen MR) is 88.9 cm³/mol. The van der Waals surface area contributed by atoms with Gasteiger partial charge in [0.05, 0.1) is 19.0 Å². The number of aromatic nitrogens is 1. The van der Waals surface area contributed by atoms with E-state index in [1.807, 2.05) is 36.4 Å². The Balaban J connectivity index is 1.83. The molecule has 0 amide bonds. The molecule has 3 N–H and O–H groups in total. The number of ether oxygens (including phenoxy) is 1. The lowest BCUT2D eigenvalue weighted by Crippen LogP contribution is -2.42. The SMILES string of the molecule is COc1ccccc1-c1cc(N[C@@H]2CCCC[C@@H]2N)c[c]n1. The van der Waals surface area contributed by atoms with Gasteiger partial charge >= 0.3 is 0 Å². The number of anilines is 1. The van der Waals surface area contributed by atoms with Crippen LogP contribution in [0.4, 0.5) is 5.69 Å². The molecule has 1 aliphatic rings. The Kier molecular flexibility index (Phi) is 4.59. The summed E-state index contributed by atoms with van der Waals surface area (Å²) < 4.78 is 5.41. The van der Waals surface area contributed by atoms with Gasteiger partial charge in [0.25, 0.3) is 0 Å². The molecule has 4 nitrogen and oxygen atoms in total.